The highest BCUT2D eigenvalue weighted by Crippen LogP contribution is 2.52. The van der Waals surface area contributed by atoms with Crippen LogP contribution in [0.15, 0.2) is 302 Å². The zero-order valence-corrected chi connectivity index (χ0v) is 52.3. The second-order valence-corrected chi connectivity index (χ2v) is 26.3. The molecule has 1 aliphatic carbocycles. The molecule has 6 heterocycles. The molecule has 96 heavy (non-hydrogen) atoms. The average molecular weight is 1230 g/mol. The van der Waals surface area contributed by atoms with Gasteiger partial charge in [0.05, 0.1) is 49.8 Å². The Morgan fingerprint density at radius 3 is 1.41 bits per heavy atom. The topological polar surface area (TPSA) is 71.5 Å². The van der Waals surface area contributed by atoms with E-state index in [4.69, 9.17) is 19.4 Å². The summed E-state index contributed by atoms with van der Waals surface area (Å²) in [4.78, 5) is 17.2. The Hall–Kier alpha value is -12.7. The Morgan fingerprint density at radius 2 is 0.719 bits per heavy atom. The van der Waals surface area contributed by atoms with Crippen LogP contribution in [0.5, 0.6) is 0 Å². The van der Waals surface area contributed by atoms with Gasteiger partial charge in [-0.2, -0.15) is 15.0 Å². The van der Waals surface area contributed by atoms with E-state index in [1.165, 1.54) is 54.8 Å². The summed E-state index contributed by atoms with van der Waals surface area (Å²) in [6.45, 7) is 4.70. The van der Waals surface area contributed by atoms with E-state index in [1.54, 1.807) is 0 Å². The third-order valence-electron chi connectivity index (χ3n) is 20.8. The van der Waals surface area contributed by atoms with E-state index in [1.807, 2.05) is 12.1 Å². The fourth-order valence-corrected chi connectivity index (χ4v) is 16.4. The molecule has 14 aromatic carbocycles. The highest BCUT2D eigenvalue weighted by Gasteiger charge is 2.37. The Bertz CT molecular complexity index is 6750. The van der Waals surface area contributed by atoms with Crippen molar-refractivity contribution in [1.29, 1.82) is 0 Å². The summed E-state index contributed by atoms with van der Waals surface area (Å²) >= 11 is 0. The molecule has 1 aliphatic rings. The zero-order chi connectivity index (χ0) is 63.1. The fourth-order valence-electron chi connectivity index (χ4n) is 16.4. The number of para-hydroxylation sites is 6. The van der Waals surface area contributed by atoms with Crippen LogP contribution in [0.2, 0.25) is 0 Å². The molecule has 6 aromatic heterocycles. The average Bonchev–Trinajstić information content (AvgIpc) is 1.54. The zero-order valence-electron chi connectivity index (χ0n) is 52.3. The molecule has 0 radical (unpaired) electrons. The van der Waals surface area contributed by atoms with Crippen LogP contribution < -0.4 is 0 Å². The lowest BCUT2D eigenvalue weighted by Gasteiger charge is -2.21. The highest BCUT2D eigenvalue weighted by atomic mass is 16.3. The first-order valence-corrected chi connectivity index (χ1v) is 32.9. The lowest BCUT2D eigenvalue weighted by atomic mass is 9.82. The summed E-state index contributed by atoms with van der Waals surface area (Å²) < 4.78 is 15.7. The lowest BCUT2D eigenvalue weighted by Crippen LogP contribution is -2.15. The van der Waals surface area contributed by atoms with Crippen molar-refractivity contribution in [1.82, 2.24) is 33.2 Å². The maximum Gasteiger partial charge on any atom is 0.240 e. The molecule has 0 atom stereocenters. The molecule has 0 bridgehead atoms. The van der Waals surface area contributed by atoms with Crippen LogP contribution >= 0.6 is 0 Å². The molecule has 8 heteroatoms. The van der Waals surface area contributed by atoms with Gasteiger partial charge < -0.3 is 13.6 Å². The van der Waals surface area contributed by atoms with Crippen LogP contribution in [0.3, 0.4) is 0 Å². The van der Waals surface area contributed by atoms with E-state index in [0.717, 1.165) is 127 Å². The Labute approximate surface area is 550 Å². The van der Waals surface area contributed by atoms with Crippen LogP contribution in [0.4, 0.5) is 0 Å². The van der Waals surface area contributed by atoms with Gasteiger partial charge in [-0.1, -0.05) is 202 Å². The van der Waals surface area contributed by atoms with E-state index in [0.29, 0.717) is 17.7 Å². The summed E-state index contributed by atoms with van der Waals surface area (Å²) in [7, 11) is 0. The first kappa shape index (κ1) is 52.9. The van der Waals surface area contributed by atoms with E-state index >= 15 is 0 Å². The number of rotatable bonds is 7. The Morgan fingerprint density at radius 1 is 0.260 bits per heavy atom. The van der Waals surface area contributed by atoms with Gasteiger partial charge in [0.1, 0.15) is 11.2 Å². The van der Waals surface area contributed by atoms with E-state index in [9.17, 15) is 0 Å². The van der Waals surface area contributed by atoms with Gasteiger partial charge in [-0.05, 0) is 159 Å². The highest BCUT2D eigenvalue weighted by molar-refractivity contribution is 6.16. The number of fused-ring (bicyclic) bond motifs is 19. The van der Waals surface area contributed by atoms with Crippen molar-refractivity contribution in [3.05, 3.63) is 308 Å². The minimum atomic E-state index is -0.241. The number of furan rings is 1. The van der Waals surface area contributed by atoms with Crippen LogP contribution in [0.25, 0.3) is 188 Å². The molecule has 0 amide bonds. The van der Waals surface area contributed by atoms with Crippen molar-refractivity contribution in [2.45, 2.75) is 19.3 Å². The SMILES string of the molecule is CC1(C)c2ccccc2-c2cc3c4ccccc4n(-c4nc(-c5ccc(-n6c7ccccc7c7ccc(-c8ccc9c(c8)c8ccccc8n9-c8ccccc8)cc76)c6ccccc56)nc(-n5c6ccccc6c6cc(-c7ccc8oc9ccccc9c8c7)ccc65)n4)c3cc21. The molecule has 20 aromatic rings. The van der Waals surface area contributed by atoms with Gasteiger partial charge in [-0.25, -0.2) is 0 Å². The van der Waals surface area contributed by atoms with Gasteiger partial charge in [0.15, 0.2) is 5.82 Å². The number of hydrogen-bond acceptors (Lipinski definition) is 4. The number of aromatic nitrogens is 7. The van der Waals surface area contributed by atoms with Crippen molar-refractivity contribution in [3.63, 3.8) is 0 Å². The third kappa shape index (κ3) is 7.46. The maximum absolute atomic E-state index is 6.29. The summed E-state index contributed by atoms with van der Waals surface area (Å²) in [5, 5.41) is 13.6. The minimum Gasteiger partial charge on any atom is -0.456 e. The quantitative estimate of drug-likeness (QED) is 0.159. The molecule has 0 unspecified atom stereocenters. The number of nitrogens with zero attached hydrogens (tertiary/aromatic N) is 7. The summed E-state index contributed by atoms with van der Waals surface area (Å²) in [5.74, 6) is 1.61. The summed E-state index contributed by atoms with van der Waals surface area (Å²) in [6, 6.07) is 108. The van der Waals surface area contributed by atoms with Crippen molar-refractivity contribution in [2.24, 2.45) is 0 Å². The Balaban J connectivity index is 0.782. The largest absolute Gasteiger partial charge is 0.456 e. The van der Waals surface area contributed by atoms with E-state index < -0.39 is 0 Å². The predicted octanol–water partition coefficient (Wildman–Crippen LogP) is 22.6. The second kappa shape index (κ2) is 19.7. The standard InChI is InChI=1S/C88H55N7O/c1-88(2)72-30-14-8-23-58(72)67-50-70-63-28-12-18-34-77(63)95(82(70)51-73(67)88)87-90-85(89-86(91-87)94-76-33-17-11-27-62(76)69-46-52(38-43-80(69)94)54-39-45-84-71(48-54)65-29-13-19-35-83(65)96-84)66-41-44-78(59-24-7-6-22-57(59)66)93-75-32-16-9-25-60(75)64-40-36-55(49-81(64)93)53-37-42-79-68(47-53)61-26-10-15-31-74(61)92(79)56-20-4-3-5-21-56/h3-51H,1-2H3. The molecule has 0 fully saturated rings. The second-order valence-electron chi connectivity index (χ2n) is 26.3. The first-order chi connectivity index (χ1) is 47.4. The minimum absolute atomic E-state index is 0.241. The van der Waals surface area contributed by atoms with Crippen molar-refractivity contribution >= 4 is 120 Å². The fraction of sp³-hybridized carbons (Fsp3) is 0.0341. The van der Waals surface area contributed by atoms with Crippen molar-refractivity contribution < 1.29 is 4.42 Å². The number of benzene rings is 14. The molecule has 448 valence electrons. The normalized spacial score (nSPS) is 13.0. The summed E-state index contributed by atoms with van der Waals surface area (Å²) in [6.07, 6.45) is 0. The smallest absolute Gasteiger partial charge is 0.240 e. The van der Waals surface area contributed by atoms with Crippen LogP contribution in [-0.2, 0) is 5.41 Å². The maximum atomic E-state index is 6.29. The van der Waals surface area contributed by atoms with E-state index in [-0.39, 0.29) is 5.41 Å². The molecule has 0 aliphatic heterocycles. The van der Waals surface area contributed by atoms with Gasteiger partial charge in [-0.3, -0.25) is 9.13 Å². The molecule has 0 N–H and O–H groups in total. The van der Waals surface area contributed by atoms with Crippen molar-refractivity contribution in [2.75, 3.05) is 0 Å². The third-order valence-corrected chi connectivity index (χ3v) is 20.8. The van der Waals surface area contributed by atoms with E-state index in [2.05, 4.69) is 317 Å². The predicted molar refractivity (Wildman–Crippen MR) is 396 cm³/mol. The van der Waals surface area contributed by atoms with Gasteiger partial charge in [0.25, 0.3) is 0 Å². The molecular formula is C88H55N7O. The van der Waals surface area contributed by atoms with Gasteiger partial charge in [-0.15, -0.1) is 0 Å². The molecule has 0 saturated carbocycles. The molecule has 0 spiro atoms. The van der Waals surface area contributed by atoms with Crippen molar-refractivity contribution in [3.8, 4) is 68.0 Å². The van der Waals surface area contributed by atoms with Gasteiger partial charge in [0.2, 0.25) is 11.9 Å². The molecule has 8 nitrogen and oxygen atoms in total. The number of hydrogen-bond donors (Lipinski definition) is 0. The van der Waals surface area contributed by atoms with Gasteiger partial charge >= 0.3 is 0 Å². The molecule has 21 rings (SSSR count). The Kier molecular flexibility index (Phi) is 10.9. The van der Waals surface area contributed by atoms with Crippen LogP contribution in [0.1, 0.15) is 25.0 Å². The molecule has 0 saturated heterocycles. The molecular weight excluding hydrogens is 1170 g/mol. The lowest BCUT2D eigenvalue weighted by molar-refractivity contribution is 0.661. The summed E-state index contributed by atoms with van der Waals surface area (Å²) in [5.41, 5.74) is 22.9. The van der Waals surface area contributed by atoms with Crippen LogP contribution in [0, 0.1) is 0 Å². The monoisotopic (exact) mass is 1230 g/mol. The van der Waals surface area contributed by atoms with Crippen LogP contribution in [-0.4, -0.2) is 33.2 Å². The van der Waals surface area contributed by atoms with Gasteiger partial charge in [0, 0.05) is 75.9 Å². The first-order valence-electron chi connectivity index (χ1n) is 32.9.